The summed E-state index contributed by atoms with van der Waals surface area (Å²) in [6.07, 6.45) is 4.95. The monoisotopic (exact) mass is 402 g/mol. The third-order valence-corrected chi connectivity index (χ3v) is 4.76. The Labute approximate surface area is 171 Å². The van der Waals surface area contributed by atoms with Crippen molar-refractivity contribution in [1.82, 2.24) is 9.88 Å². The number of aliphatic hydroxyl groups excluding tert-OH is 1. The van der Waals surface area contributed by atoms with E-state index in [4.69, 9.17) is 13.9 Å². The zero-order valence-electron chi connectivity index (χ0n) is 17.3. The van der Waals surface area contributed by atoms with Crippen LogP contribution in [-0.4, -0.2) is 45.9 Å². The molecule has 1 fully saturated rings. The quantitative estimate of drug-likeness (QED) is 0.782. The average molecular weight is 402 g/mol. The number of hydrogen-bond acceptors (Lipinski definition) is 6. The van der Waals surface area contributed by atoms with Crippen LogP contribution in [0.3, 0.4) is 0 Å². The van der Waals surface area contributed by atoms with E-state index in [1.807, 2.05) is 45.0 Å². The number of nitrogens with zero attached hydrogens (tertiary/aromatic N) is 2. The maximum absolute atomic E-state index is 12.1. The molecule has 2 aromatic rings. The van der Waals surface area contributed by atoms with Gasteiger partial charge in [0.05, 0.1) is 6.20 Å². The van der Waals surface area contributed by atoms with E-state index in [-0.39, 0.29) is 12.2 Å². The van der Waals surface area contributed by atoms with Crippen LogP contribution in [0.15, 0.2) is 41.1 Å². The van der Waals surface area contributed by atoms with Crippen molar-refractivity contribution in [2.24, 2.45) is 0 Å². The third-order valence-electron chi connectivity index (χ3n) is 4.76. The van der Waals surface area contributed by atoms with Gasteiger partial charge >= 0.3 is 6.09 Å². The number of aromatic nitrogens is 1. The van der Waals surface area contributed by atoms with Gasteiger partial charge in [0.1, 0.15) is 29.8 Å². The molecule has 0 saturated carbocycles. The lowest BCUT2D eigenvalue weighted by atomic mass is 10.1. The van der Waals surface area contributed by atoms with Gasteiger partial charge in [-0.05, 0) is 51.3 Å². The van der Waals surface area contributed by atoms with E-state index in [0.717, 1.165) is 30.6 Å². The minimum absolute atomic E-state index is 0.0892. The Balaban J connectivity index is 1.42. The van der Waals surface area contributed by atoms with Crippen molar-refractivity contribution in [3.05, 3.63) is 48.2 Å². The van der Waals surface area contributed by atoms with Gasteiger partial charge in [-0.15, -0.1) is 0 Å². The van der Waals surface area contributed by atoms with Crippen molar-refractivity contribution in [2.75, 3.05) is 13.1 Å². The van der Waals surface area contributed by atoms with Crippen LogP contribution < -0.4 is 4.74 Å². The molecule has 1 aliphatic rings. The first kappa shape index (κ1) is 21.2. The average Bonchev–Trinajstić information content (AvgIpc) is 3.21. The van der Waals surface area contributed by atoms with Gasteiger partial charge in [-0.25, -0.2) is 9.78 Å². The smallest absolute Gasteiger partial charge is 0.410 e. The molecular weight excluding hydrogens is 372 g/mol. The molecular formula is C22H30N2O5. The van der Waals surface area contributed by atoms with Gasteiger partial charge in [0.25, 0.3) is 0 Å². The van der Waals surface area contributed by atoms with E-state index in [1.54, 1.807) is 4.90 Å². The molecule has 1 aromatic carbocycles. The topological polar surface area (TPSA) is 85.0 Å². The van der Waals surface area contributed by atoms with Gasteiger partial charge in [-0.2, -0.15) is 0 Å². The Kier molecular flexibility index (Phi) is 6.79. The summed E-state index contributed by atoms with van der Waals surface area (Å²) in [4.78, 5) is 17.9. The molecule has 0 spiro atoms. The minimum atomic E-state index is -0.698. The predicted molar refractivity (Wildman–Crippen MR) is 108 cm³/mol. The lowest BCUT2D eigenvalue weighted by Gasteiger charge is -2.33. The van der Waals surface area contributed by atoms with Crippen LogP contribution in [0.2, 0.25) is 0 Å². The van der Waals surface area contributed by atoms with Crippen LogP contribution in [0.1, 0.15) is 57.6 Å². The van der Waals surface area contributed by atoms with Crippen molar-refractivity contribution in [3.8, 4) is 5.75 Å². The standard InChI is InChI=1S/C22H30N2O5/c1-22(2,3)29-21(26)24-13-10-18(11-14-24)28-17-7-4-16(5-8-17)6-9-19(25)20-23-12-15-27-20/h4-5,7-8,12,15,18-19,25H,6,9-11,13-14H2,1-3H3. The summed E-state index contributed by atoms with van der Waals surface area (Å²) >= 11 is 0. The fourth-order valence-corrected chi connectivity index (χ4v) is 3.24. The number of amides is 1. The second kappa shape index (κ2) is 9.31. The Morgan fingerprint density at radius 2 is 1.97 bits per heavy atom. The summed E-state index contributed by atoms with van der Waals surface area (Å²) in [5.41, 5.74) is 0.638. The van der Waals surface area contributed by atoms with E-state index in [2.05, 4.69) is 4.98 Å². The summed E-state index contributed by atoms with van der Waals surface area (Å²) in [7, 11) is 0. The molecule has 1 aromatic heterocycles. The summed E-state index contributed by atoms with van der Waals surface area (Å²) < 4.78 is 16.6. The molecule has 158 valence electrons. The SMILES string of the molecule is CC(C)(C)OC(=O)N1CCC(Oc2ccc(CCC(O)c3ncco3)cc2)CC1. The number of piperidine rings is 1. The normalized spacial score (nSPS) is 16.5. The number of oxazole rings is 1. The van der Waals surface area contributed by atoms with Crippen molar-refractivity contribution in [1.29, 1.82) is 0 Å². The van der Waals surface area contributed by atoms with Gasteiger partial charge < -0.3 is 23.9 Å². The molecule has 1 aliphatic heterocycles. The van der Waals surface area contributed by atoms with Crippen LogP contribution in [0, 0.1) is 0 Å². The molecule has 1 N–H and O–H groups in total. The van der Waals surface area contributed by atoms with Gasteiger partial charge in [-0.1, -0.05) is 12.1 Å². The molecule has 7 heteroatoms. The highest BCUT2D eigenvalue weighted by Crippen LogP contribution is 2.23. The first-order valence-electron chi connectivity index (χ1n) is 10.1. The summed E-state index contributed by atoms with van der Waals surface area (Å²) in [6, 6.07) is 7.92. The minimum Gasteiger partial charge on any atom is -0.490 e. The number of rotatable bonds is 6. The summed E-state index contributed by atoms with van der Waals surface area (Å²) in [5, 5.41) is 10.0. The maximum atomic E-state index is 12.1. The number of aliphatic hydroxyl groups is 1. The third kappa shape index (κ3) is 6.49. The second-order valence-electron chi connectivity index (χ2n) is 8.35. The predicted octanol–water partition coefficient (Wildman–Crippen LogP) is 4.12. The largest absolute Gasteiger partial charge is 0.490 e. The zero-order chi connectivity index (χ0) is 20.9. The van der Waals surface area contributed by atoms with Crippen molar-refractivity contribution < 1.29 is 23.8 Å². The van der Waals surface area contributed by atoms with E-state index < -0.39 is 11.7 Å². The van der Waals surface area contributed by atoms with Gasteiger partial charge in [0, 0.05) is 25.9 Å². The molecule has 1 amide bonds. The number of aryl methyl sites for hydroxylation is 1. The molecule has 0 bridgehead atoms. The van der Waals surface area contributed by atoms with Crippen molar-refractivity contribution >= 4 is 6.09 Å². The molecule has 3 rings (SSSR count). The molecule has 0 radical (unpaired) electrons. The fourth-order valence-electron chi connectivity index (χ4n) is 3.24. The summed E-state index contributed by atoms with van der Waals surface area (Å²) in [6.45, 7) is 6.89. The number of likely N-dealkylation sites (tertiary alicyclic amines) is 1. The highest BCUT2D eigenvalue weighted by molar-refractivity contribution is 5.68. The second-order valence-corrected chi connectivity index (χ2v) is 8.35. The fraction of sp³-hybridized carbons (Fsp3) is 0.545. The van der Waals surface area contributed by atoms with Crippen LogP contribution in [0.4, 0.5) is 4.79 Å². The maximum Gasteiger partial charge on any atom is 0.410 e. The first-order valence-corrected chi connectivity index (χ1v) is 10.1. The van der Waals surface area contributed by atoms with Crippen LogP contribution >= 0.6 is 0 Å². The van der Waals surface area contributed by atoms with Gasteiger partial charge in [0.15, 0.2) is 0 Å². The number of carbonyl (C=O) groups excluding carboxylic acids is 1. The number of hydrogen-bond donors (Lipinski definition) is 1. The van der Waals surface area contributed by atoms with Gasteiger partial charge in [0.2, 0.25) is 5.89 Å². The molecule has 0 aliphatic carbocycles. The summed E-state index contributed by atoms with van der Waals surface area (Å²) in [5.74, 6) is 1.17. The highest BCUT2D eigenvalue weighted by atomic mass is 16.6. The van der Waals surface area contributed by atoms with Crippen molar-refractivity contribution in [2.45, 2.75) is 64.3 Å². The molecule has 1 unspecified atom stereocenters. The molecule has 7 nitrogen and oxygen atoms in total. The first-order chi connectivity index (χ1) is 13.8. The van der Waals surface area contributed by atoms with E-state index in [9.17, 15) is 9.90 Å². The van der Waals surface area contributed by atoms with Crippen LogP contribution in [-0.2, 0) is 11.2 Å². The highest BCUT2D eigenvalue weighted by Gasteiger charge is 2.27. The number of carbonyl (C=O) groups is 1. The molecule has 1 atom stereocenters. The van der Waals surface area contributed by atoms with E-state index in [1.165, 1.54) is 12.5 Å². The van der Waals surface area contributed by atoms with Gasteiger partial charge in [-0.3, -0.25) is 0 Å². The zero-order valence-corrected chi connectivity index (χ0v) is 17.3. The lowest BCUT2D eigenvalue weighted by Crippen LogP contribution is -2.44. The Morgan fingerprint density at radius 1 is 1.28 bits per heavy atom. The van der Waals surface area contributed by atoms with E-state index >= 15 is 0 Å². The molecule has 2 heterocycles. The van der Waals surface area contributed by atoms with Crippen LogP contribution in [0.25, 0.3) is 0 Å². The molecule has 29 heavy (non-hydrogen) atoms. The van der Waals surface area contributed by atoms with Crippen LogP contribution in [0.5, 0.6) is 5.75 Å². The Hall–Kier alpha value is -2.54. The molecule has 1 saturated heterocycles. The Morgan fingerprint density at radius 3 is 2.55 bits per heavy atom. The van der Waals surface area contributed by atoms with Crippen molar-refractivity contribution in [3.63, 3.8) is 0 Å². The van der Waals surface area contributed by atoms with E-state index in [0.29, 0.717) is 25.4 Å². The Bertz CT molecular complexity index is 760. The lowest BCUT2D eigenvalue weighted by molar-refractivity contribution is 0.0126. The number of benzene rings is 1. The number of ether oxygens (including phenoxy) is 2.